The number of H-pyrrole nitrogens is 1. The van der Waals surface area contributed by atoms with Crippen LogP contribution in [-0.2, 0) is 13.1 Å². The quantitative estimate of drug-likeness (QED) is 0.519. The molecule has 2 aromatic carbocycles. The fourth-order valence-corrected chi connectivity index (χ4v) is 3.11. The molecule has 28 heavy (non-hydrogen) atoms. The lowest BCUT2D eigenvalue weighted by atomic mass is 10.2. The molecule has 7 heteroatoms. The zero-order valence-corrected chi connectivity index (χ0v) is 17.1. The van der Waals surface area contributed by atoms with Gasteiger partial charge in [0, 0.05) is 6.54 Å². The molecule has 6 nitrogen and oxygen atoms in total. The highest BCUT2D eigenvalue weighted by Gasteiger charge is 2.14. The van der Waals surface area contributed by atoms with Gasteiger partial charge in [-0.2, -0.15) is 0 Å². The average molecular weight is 397 g/mol. The smallest absolute Gasteiger partial charge is 0.258 e. The van der Waals surface area contributed by atoms with Gasteiger partial charge in [-0.05, 0) is 29.9 Å². The topological polar surface area (TPSA) is 65.5 Å². The number of nitrogens with one attached hydrogen (secondary N) is 3. The molecule has 1 aromatic heterocycles. The van der Waals surface area contributed by atoms with Crippen molar-refractivity contribution in [2.45, 2.75) is 13.1 Å². The molecule has 1 heterocycles. The number of thiocarbonyl (C=S) groups is 1. The summed E-state index contributed by atoms with van der Waals surface area (Å²) in [5.41, 5.74) is 1.74. The van der Waals surface area contributed by atoms with E-state index >= 15 is 0 Å². The number of fused-ring (bicyclic) bond motifs is 1. The molecule has 0 spiro atoms. The molecule has 146 valence electrons. The van der Waals surface area contributed by atoms with E-state index in [2.05, 4.69) is 46.4 Å². The van der Waals surface area contributed by atoms with E-state index in [1.165, 1.54) is 10.5 Å². The van der Waals surface area contributed by atoms with Gasteiger partial charge in [0.15, 0.2) is 5.11 Å². The predicted octanol–water partition coefficient (Wildman–Crippen LogP) is 0.944. The van der Waals surface area contributed by atoms with Crippen LogP contribution in [0.1, 0.15) is 11.4 Å². The van der Waals surface area contributed by atoms with Crippen LogP contribution < -0.4 is 15.8 Å². The van der Waals surface area contributed by atoms with Gasteiger partial charge in [-0.1, -0.05) is 42.5 Å². The van der Waals surface area contributed by atoms with E-state index in [9.17, 15) is 4.79 Å². The monoisotopic (exact) mass is 396 g/mol. The number of benzene rings is 2. The van der Waals surface area contributed by atoms with Crippen molar-refractivity contribution in [1.29, 1.82) is 0 Å². The van der Waals surface area contributed by atoms with Crippen molar-refractivity contribution in [2.75, 3.05) is 27.2 Å². The third-order valence-corrected chi connectivity index (χ3v) is 4.86. The zero-order valence-electron chi connectivity index (χ0n) is 16.2. The fraction of sp³-hybridized carbons (Fsp3) is 0.286. The first-order chi connectivity index (χ1) is 13.5. The second-order valence-electron chi connectivity index (χ2n) is 7.05. The van der Waals surface area contributed by atoms with Crippen molar-refractivity contribution in [1.82, 2.24) is 20.2 Å². The Morgan fingerprint density at radius 2 is 1.86 bits per heavy atom. The highest BCUT2D eigenvalue weighted by molar-refractivity contribution is 7.80. The van der Waals surface area contributed by atoms with Crippen LogP contribution in [0.5, 0.6) is 0 Å². The van der Waals surface area contributed by atoms with Crippen molar-refractivity contribution in [2.24, 2.45) is 0 Å². The minimum Gasteiger partial charge on any atom is -0.358 e. The number of nitrogens with zero attached hydrogens (tertiary/aromatic N) is 2. The Labute approximate surface area is 170 Å². The van der Waals surface area contributed by atoms with Gasteiger partial charge < -0.3 is 20.1 Å². The molecule has 0 fully saturated rings. The molecule has 0 radical (unpaired) electrons. The normalized spacial score (nSPS) is 11.0. The molecule has 0 saturated carbocycles. The summed E-state index contributed by atoms with van der Waals surface area (Å²) in [6, 6.07) is 17.5. The van der Waals surface area contributed by atoms with Crippen molar-refractivity contribution in [3.8, 4) is 0 Å². The second kappa shape index (κ2) is 9.43. The predicted molar refractivity (Wildman–Crippen MR) is 116 cm³/mol. The SMILES string of the molecule is C[NH+](C)CCN(Cc1nc2ccccc2c(=O)[nH]1)C(=S)NCc1ccccc1. The highest BCUT2D eigenvalue weighted by Crippen LogP contribution is 2.07. The van der Waals surface area contributed by atoms with Crippen LogP contribution in [0.25, 0.3) is 10.9 Å². The van der Waals surface area contributed by atoms with E-state index in [-0.39, 0.29) is 5.56 Å². The Balaban J connectivity index is 1.75. The van der Waals surface area contributed by atoms with Gasteiger partial charge in [0.2, 0.25) is 0 Å². The van der Waals surface area contributed by atoms with Crippen LogP contribution in [0.2, 0.25) is 0 Å². The highest BCUT2D eigenvalue weighted by atomic mass is 32.1. The van der Waals surface area contributed by atoms with Gasteiger partial charge in [0.05, 0.1) is 44.6 Å². The summed E-state index contributed by atoms with van der Waals surface area (Å²) in [4.78, 5) is 23.3. The Bertz CT molecular complexity index is 987. The molecule has 0 atom stereocenters. The van der Waals surface area contributed by atoms with E-state index in [0.29, 0.717) is 34.9 Å². The third kappa shape index (κ3) is 5.37. The van der Waals surface area contributed by atoms with Gasteiger partial charge in [-0.25, -0.2) is 4.98 Å². The van der Waals surface area contributed by atoms with Crippen molar-refractivity contribution >= 4 is 28.2 Å². The van der Waals surface area contributed by atoms with E-state index in [1.54, 1.807) is 6.07 Å². The summed E-state index contributed by atoms with van der Waals surface area (Å²) in [5, 5.41) is 4.57. The molecule has 0 bridgehead atoms. The van der Waals surface area contributed by atoms with Crippen LogP contribution in [0.3, 0.4) is 0 Å². The number of para-hydroxylation sites is 1. The number of hydrogen-bond donors (Lipinski definition) is 3. The van der Waals surface area contributed by atoms with Gasteiger partial charge in [-0.15, -0.1) is 0 Å². The molecular formula is C21H26N5OS+. The lowest BCUT2D eigenvalue weighted by molar-refractivity contribution is -0.857. The summed E-state index contributed by atoms with van der Waals surface area (Å²) in [7, 11) is 4.21. The molecule has 0 aliphatic heterocycles. The second-order valence-corrected chi connectivity index (χ2v) is 7.44. The minimum absolute atomic E-state index is 0.123. The Kier molecular flexibility index (Phi) is 6.73. The molecule has 0 aliphatic carbocycles. The Morgan fingerprint density at radius 3 is 2.61 bits per heavy atom. The number of aromatic nitrogens is 2. The number of quaternary nitrogens is 1. The van der Waals surface area contributed by atoms with E-state index in [0.717, 1.165) is 13.1 Å². The number of aromatic amines is 1. The first-order valence-electron chi connectivity index (χ1n) is 9.36. The van der Waals surface area contributed by atoms with Crippen LogP contribution in [0.4, 0.5) is 0 Å². The molecule has 3 N–H and O–H groups in total. The molecule has 0 unspecified atom stereocenters. The zero-order chi connectivity index (χ0) is 19.9. The van der Waals surface area contributed by atoms with Crippen molar-refractivity contribution in [3.63, 3.8) is 0 Å². The molecule has 0 aliphatic rings. The molecular weight excluding hydrogens is 370 g/mol. The summed E-state index contributed by atoms with van der Waals surface area (Å²) in [5.74, 6) is 0.612. The van der Waals surface area contributed by atoms with Crippen LogP contribution >= 0.6 is 12.2 Å². The number of likely N-dealkylation sites (N-methyl/N-ethyl adjacent to an activating group) is 1. The van der Waals surface area contributed by atoms with Crippen LogP contribution in [0, 0.1) is 0 Å². The summed E-state index contributed by atoms with van der Waals surface area (Å²) >= 11 is 5.64. The Hall–Kier alpha value is -2.77. The molecule has 3 rings (SSSR count). The minimum atomic E-state index is -0.123. The lowest BCUT2D eigenvalue weighted by Gasteiger charge is -2.26. The van der Waals surface area contributed by atoms with Crippen LogP contribution in [-0.4, -0.2) is 47.2 Å². The number of hydrogen-bond acceptors (Lipinski definition) is 3. The Morgan fingerprint density at radius 1 is 1.14 bits per heavy atom. The summed E-state index contributed by atoms with van der Waals surface area (Å²) in [6.45, 7) is 2.80. The lowest BCUT2D eigenvalue weighted by Crippen LogP contribution is -3.06. The first kappa shape index (κ1) is 20.0. The van der Waals surface area contributed by atoms with Gasteiger partial charge in [-0.3, -0.25) is 4.79 Å². The van der Waals surface area contributed by atoms with Crippen LogP contribution in [0.15, 0.2) is 59.4 Å². The van der Waals surface area contributed by atoms with E-state index in [1.807, 2.05) is 36.4 Å². The standard InChI is InChI=1S/C21H25N5OS/c1-25(2)12-13-26(21(28)22-14-16-8-4-3-5-9-16)15-19-23-18-11-7-6-10-17(18)20(27)24-19/h3-11H,12-15H2,1-2H3,(H,22,28)(H,23,24,27)/p+1. The average Bonchev–Trinajstić information content (AvgIpc) is 2.70. The maximum Gasteiger partial charge on any atom is 0.258 e. The fourth-order valence-electron chi connectivity index (χ4n) is 2.89. The summed E-state index contributed by atoms with van der Waals surface area (Å²) in [6.07, 6.45) is 0. The third-order valence-electron chi connectivity index (χ3n) is 4.46. The van der Waals surface area contributed by atoms with E-state index in [4.69, 9.17) is 12.2 Å². The maximum atomic E-state index is 12.4. The van der Waals surface area contributed by atoms with Gasteiger partial charge in [0.1, 0.15) is 5.82 Å². The van der Waals surface area contributed by atoms with E-state index < -0.39 is 0 Å². The van der Waals surface area contributed by atoms with Gasteiger partial charge in [0.25, 0.3) is 5.56 Å². The molecule has 0 saturated heterocycles. The molecule has 3 aromatic rings. The van der Waals surface area contributed by atoms with Crippen molar-refractivity contribution < 1.29 is 4.90 Å². The first-order valence-corrected chi connectivity index (χ1v) is 9.77. The largest absolute Gasteiger partial charge is 0.358 e. The number of rotatable bonds is 7. The summed E-state index contributed by atoms with van der Waals surface area (Å²) < 4.78 is 0. The van der Waals surface area contributed by atoms with Gasteiger partial charge >= 0.3 is 0 Å². The molecule has 0 amide bonds. The maximum absolute atomic E-state index is 12.4. The van der Waals surface area contributed by atoms with Crippen molar-refractivity contribution in [3.05, 3.63) is 76.3 Å².